The average Bonchev–Trinajstić information content (AvgIpc) is 2.52. The fourth-order valence-electron chi connectivity index (χ4n) is 1.94. The Hall–Kier alpha value is -2.75. The largest absolute Gasteiger partial charge is 0.573 e. The SMILES string of the molecule is CCCNc1ncc(-c2ccc(OC(F)(F)F)cc2)cc1C#N. The van der Waals surface area contributed by atoms with Crippen LogP contribution < -0.4 is 10.1 Å². The Morgan fingerprint density at radius 3 is 2.48 bits per heavy atom. The third-order valence-electron chi connectivity index (χ3n) is 2.97. The molecule has 1 aromatic carbocycles. The van der Waals surface area contributed by atoms with Gasteiger partial charge < -0.3 is 10.1 Å². The molecule has 0 spiro atoms. The van der Waals surface area contributed by atoms with Crippen molar-refractivity contribution in [2.45, 2.75) is 19.7 Å². The van der Waals surface area contributed by atoms with Crippen molar-refractivity contribution < 1.29 is 17.9 Å². The van der Waals surface area contributed by atoms with Crippen LogP contribution in [0.3, 0.4) is 0 Å². The minimum absolute atomic E-state index is 0.295. The van der Waals surface area contributed by atoms with Gasteiger partial charge in [0.05, 0.1) is 5.56 Å². The van der Waals surface area contributed by atoms with Gasteiger partial charge in [-0.15, -0.1) is 13.2 Å². The number of nitrogens with one attached hydrogen (secondary N) is 1. The zero-order chi connectivity index (χ0) is 16.9. The van der Waals surface area contributed by atoms with Crippen molar-refractivity contribution in [3.63, 3.8) is 0 Å². The van der Waals surface area contributed by atoms with Crippen LogP contribution in [0.5, 0.6) is 5.75 Å². The molecular weight excluding hydrogens is 307 g/mol. The topological polar surface area (TPSA) is 57.9 Å². The number of nitriles is 1. The number of pyridine rings is 1. The summed E-state index contributed by atoms with van der Waals surface area (Å²) >= 11 is 0. The Bertz CT molecular complexity index is 706. The lowest BCUT2D eigenvalue weighted by atomic mass is 10.1. The van der Waals surface area contributed by atoms with Crippen LogP contribution in [-0.2, 0) is 0 Å². The summed E-state index contributed by atoms with van der Waals surface area (Å²) in [6.45, 7) is 2.70. The molecule has 0 aliphatic rings. The van der Waals surface area contributed by atoms with E-state index < -0.39 is 6.36 Å². The number of hydrogen-bond donors (Lipinski definition) is 1. The number of benzene rings is 1. The summed E-state index contributed by atoms with van der Waals surface area (Å²) in [7, 11) is 0. The van der Waals surface area contributed by atoms with Gasteiger partial charge in [-0.05, 0) is 30.2 Å². The molecule has 0 unspecified atom stereocenters. The van der Waals surface area contributed by atoms with E-state index in [0.29, 0.717) is 29.1 Å². The third-order valence-corrected chi connectivity index (χ3v) is 2.97. The number of ether oxygens (including phenoxy) is 1. The molecule has 0 atom stereocenters. The number of aromatic nitrogens is 1. The van der Waals surface area contributed by atoms with E-state index in [-0.39, 0.29) is 5.75 Å². The van der Waals surface area contributed by atoms with Crippen LogP contribution in [0.4, 0.5) is 19.0 Å². The van der Waals surface area contributed by atoms with Gasteiger partial charge in [0.15, 0.2) is 0 Å². The molecule has 0 bridgehead atoms. The number of rotatable bonds is 5. The first-order valence-corrected chi connectivity index (χ1v) is 6.93. The fourth-order valence-corrected chi connectivity index (χ4v) is 1.94. The summed E-state index contributed by atoms with van der Waals surface area (Å²) in [6, 6.07) is 9.11. The van der Waals surface area contributed by atoms with Crippen molar-refractivity contribution >= 4 is 5.82 Å². The lowest BCUT2D eigenvalue weighted by Crippen LogP contribution is -2.16. The first kappa shape index (κ1) is 16.6. The van der Waals surface area contributed by atoms with Gasteiger partial charge in [-0.2, -0.15) is 5.26 Å². The van der Waals surface area contributed by atoms with Crippen molar-refractivity contribution in [2.75, 3.05) is 11.9 Å². The zero-order valence-corrected chi connectivity index (χ0v) is 12.3. The highest BCUT2D eigenvalue weighted by molar-refractivity contribution is 5.68. The second-order valence-electron chi connectivity index (χ2n) is 4.73. The minimum atomic E-state index is -4.72. The van der Waals surface area contributed by atoms with E-state index >= 15 is 0 Å². The van der Waals surface area contributed by atoms with Crippen molar-refractivity contribution in [3.8, 4) is 22.9 Å². The van der Waals surface area contributed by atoms with Gasteiger partial charge in [-0.3, -0.25) is 0 Å². The summed E-state index contributed by atoms with van der Waals surface area (Å²) in [4.78, 5) is 4.20. The highest BCUT2D eigenvalue weighted by Gasteiger charge is 2.30. The Kier molecular flexibility index (Phi) is 5.06. The fraction of sp³-hybridized carbons (Fsp3) is 0.250. The summed E-state index contributed by atoms with van der Waals surface area (Å²) in [5.74, 6) is 0.200. The molecule has 0 saturated heterocycles. The van der Waals surface area contributed by atoms with Gasteiger partial charge in [-0.1, -0.05) is 19.1 Å². The number of halogens is 3. The molecule has 23 heavy (non-hydrogen) atoms. The maximum Gasteiger partial charge on any atom is 0.573 e. The van der Waals surface area contributed by atoms with Crippen LogP contribution in [0.25, 0.3) is 11.1 Å². The molecule has 7 heteroatoms. The van der Waals surface area contributed by atoms with Crippen molar-refractivity contribution in [3.05, 3.63) is 42.1 Å². The van der Waals surface area contributed by atoms with Gasteiger partial charge in [0.1, 0.15) is 17.6 Å². The van der Waals surface area contributed by atoms with Crippen LogP contribution >= 0.6 is 0 Å². The predicted octanol–water partition coefficient (Wildman–Crippen LogP) is 4.34. The quantitative estimate of drug-likeness (QED) is 0.890. The highest BCUT2D eigenvalue weighted by atomic mass is 19.4. The number of nitrogens with zero attached hydrogens (tertiary/aromatic N) is 2. The average molecular weight is 321 g/mol. The van der Waals surface area contributed by atoms with Gasteiger partial charge in [0.25, 0.3) is 0 Å². The molecule has 1 heterocycles. The second kappa shape index (κ2) is 7.01. The van der Waals surface area contributed by atoms with Gasteiger partial charge >= 0.3 is 6.36 Å². The molecule has 120 valence electrons. The third kappa shape index (κ3) is 4.61. The number of anilines is 1. The summed E-state index contributed by atoms with van der Waals surface area (Å²) in [5, 5.41) is 12.2. The molecule has 1 N–H and O–H groups in total. The molecule has 2 aromatic rings. The number of alkyl halides is 3. The smallest absolute Gasteiger partial charge is 0.406 e. The minimum Gasteiger partial charge on any atom is -0.406 e. The van der Waals surface area contributed by atoms with Crippen LogP contribution in [0.1, 0.15) is 18.9 Å². The first-order valence-electron chi connectivity index (χ1n) is 6.93. The molecule has 0 aliphatic heterocycles. The monoisotopic (exact) mass is 321 g/mol. The number of hydrogen-bond acceptors (Lipinski definition) is 4. The van der Waals surface area contributed by atoms with Crippen molar-refractivity contribution in [2.24, 2.45) is 0 Å². The Balaban J connectivity index is 2.23. The van der Waals surface area contributed by atoms with Gasteiger partial charge in [-0.25, -0.2) is 4.98 Å². The molecule has 0 amide bonds. The molecule has 4 nitrogen and oxygen atoms in total. The molecule has 0 radical (unpaired) electrons. The zero-order valence-electron chi connectivity index (χ0n) is 12.3. The van der Waals surface area contributed by atoms with Crippen LogP contribution in [0.2, 0.25) is 0 Å². The summed E-state index contributed by atoms with van der Waals surface area (Å²) < 4.78 is 40.2. The second-order valence-corrected chi connectivity index (χ2v) is 4.73. The molecule has 0 fully saturated rings. The Morgan fingerprint density at radius 2 is 1.91 bits per heavy atom. The predicted molar refractivity (Wildman–Crippen MR) is 79.9 cm³/mol. The van der Waals surface area contributed by atoms with Crippen molar-refractivity contribution in [1.29, 1.82) is 5.26 Å². The lowest BCUT2D eigenvalue weighted by molar-refractivity contribution is -0.274. The van der Waals surface area contributed by atoms with E-state index in [4.69, 9.17) is 0 Å². The lowest BCUT2D eigenvalue weighted by Gasteiger charge is -2.10. The Labute approximate surface area is 131 Å². The first-order chi connectivity index (χ1) is 10.9. The summed E-state index contributed by atoms with van der Waals surface area (Å²) in [6.07, 6.45) is -2.25. The molecule has 1 aromatic heterocycles. The molecular formula is C16H14F3N3O. The maximum atomic E-state index is 12.1. The highest BCUT2D eigenvalue weighted by Crippen LogP contribution is 2.27. The van der Waals surface area contributed by atoms with Crippen LogP contribution in [0, 0.1) is 11.3 Å². The molecule has 0 aliphatic carbocycles. The van der Waals surface area contributed by atoms with Crippen LogP contribution in [-0.4, -0.2) is 17.9 Å². The van der Waals surface area contributed by atoms with Gasteiger partial charge in [0, 0.05) is 18.3 Å². The van der Waals surface area contributed by atoms with E-state index in [9.17, 15) is 18.4 Å². The summed E-state index contributed by atoms with van der Waals surface area (Å²) in [5.41, 5.74) is 1.67. The Morgan fingerprint density at radius 1 is 1.22 bits per heavy atom. The molecule has 2 rings (SSSR count). The van der Waals surface area contributed by atoms with Gasteiger partial charge in [0.2, 0.25) is 0 Å². The van der Waals surface area contributed by atoms with E-state index in [1.807, 2.05) is 6.92 Å². The van der Waals surface area contributed by atoms with Crippen molar-refractivity contribution in [1.82, 2.24) is 4.98 Å². The van der Waals surface area contributed by atoms with E-state index in [1.165, 1.54) is 24.3 Å². The normalized spacial score (nSPS) is 10.9. The van der Waals surface area contributed by atoms with E-state index in [0.717, 1.165) is 6.42 Å². The van der Waals surface area contributed by atoms with E-state index in [1.54, 1.807) is 12.3 Å². The maximum absolute atomic E-state index is 12.1. The van der Waals surface area contributed by atoms with Crippen LogP contribution in [0.15, 0.2) is 36.5 Å². The standard InChI is InChI=1S/C16H14F3N3O/c1-2-7-21-15-12(9-20)8-13(10-22-15)11-3-5-14(6-4-11)23-16(17,18)19/h3-6,8,10H,2,7H2,1H3,(H,21,22). The van der Waals surface area contributed by atoms with E-state index in [2.05, 4.69) is 21.1 Å². The molecule has 0 saturated carbocycles.